The minimum Gasteiger partial charge on any atom is -0.464 e. The maximum Gasteiger partial charge on any atom is 0.336 e. The summed E-state index contributed by atoms with van der Waals surface area (Å²) in [5.41, 5.74) is 4.35. The molecule has 3 N–H and O–H groups in total. The van der Waals surface area contributed by atoms with E-state index in [1.54, 1.807) is 31.2 Å². The average molecular weight is 503 g/mol. The minimum atomic E-state index is -1.52. The van der Waals surface area contributed by atoms with Gasteiger partial charge in [-0.3, -0.25) is 20.1 Å². The van der Waals surface area contributed by atoms with Crippen LogP contribution in [0.5, 0.6) is 0 Å². The number of aromatic amines is 1. The van der Waals surface area contributed by atoms with Gasteiger partial charge >= 0.3 is 5.97 Å². The van der Waals surface area contributed by atoms with Gasteiger partial charge in [-0.15, -0.1) is 0 Å². The summed E-state index contributed by atoms with van der Waals surface area (Å²) in [6.45, 7) is 2.83. The average Bonchev–Trinajstić information content (AvgIpc) is 3.32. The topological polar surface area (TPSA) is 125 Å². The zero-order valence-electron chi connectivity index (χ0n) is 19.0. The van der Waals surface area contributed by atoms with Crippen LogP contribution in [0.3, 0.4) is 0 Å². The molecule has 0 bridgehead atoms. The van der Waals surface area contributed by atoms with Crippen molar-refractivity contribution in [2.45, 2.75) is 26.5 Å². The van der Waals surface area contributed by atoms with Crippen LogP contribution in [0.2, 0.25) is 5.02 Å². The number of hydrazine groups is 1. The fourth-order valence-electron chi connectivity index (χ4n) is 3.22. The number of benzene rings is 2. The largest absolute Gasteiger partial charge is 0.464 e. The van der Waals surface area contributed by atoms with Crippen LogP contribution in [0.1, 0.15) is 40.4 Å². The molecule has 0 spiro atoms. The highest BCUT2D eigenvalue weighted by molar-refractivity contribution is 6.30. The van der Waals surface area contributed by atoms with Gasteiger partial charge in [0, 0.05) is 24.1 Å². The molecule has 0 aliphatic heterocycles. The molecular formula is C24H24ClFN4O5. The summed E-state index contributed by atoms with van der Waals surface area (Å²) in [7, 11) is 0. The number of nitrogens with zero attached hydrogens (tertiary/aromatic N) is 2. The van der Waals surface area contributed by atoms with Crippen molar-refractivity contribution in [2.24, 2.45) is 0 Å². The minimum absolute atomic E-state index is 0.0256. The third-order valence-corrected chi connectivity index (χ3v) is 5.20. The number of nitrogens with one attached hydrogen (secondary N) is 2. The number of ether oxygens (including phenoxy) is 1. The van der Waals surface area contributed by atoms with E-state index >= 15 is 0 Å². The van der Waals surface area contributed by atoms with Crippen molar-refractivity contribution in [2.75, 3.05) is 13.2 Å². The molecule has 0 radical (unpaired) electrons. The first-order valence-corrected chi connectivity index (χ1v) is 11.1. The van der Waals surface area contributed by atoms with Gasteiger partial charge in [0.2, 0.25) is 0 Å². The molecular weight excluding hydrogens is 479 g/mol. The number of rotatable bonds is 10. The molecule has 11 heteroatoms. The first kappa shape index (κ1) is 26.0. The summed E-state index contributed by atoms with van der Waals surface area (Å²) in [6, 6.07) is 12.4. The van der Waals surface area contributed by atoms with E-state index in [1.807, 2.05) is 0 Å². The Hall–Kier alpha value is -3.60. The quantitative estimate of drug-likeness (QED) is 0.221. The predicted octanol–water partition coefficient (Wildman–Crippen LogP) is 3.14. The second kappa shape index (κ2) is 11.7. The maximum atomic E-state index is 14.2. The molecule has 35 heavy (non-hydrogen) atoms. The number of aromatic nitrogens is 2. The smallest absolute Gasteiger partial charge is 0.336 e. The summed E-state index contributed by atoms with van der Waals surface area (Å²) >= 11 is 5.98. The second-order valence-electron chi connectivity index (χ2n) is 7.63. The van der Waals surface area contributed by atoms with Crippen molar-refractivity contribution in [3.8, 4) is 11.1 Å². The normalized spacial score (nSPS) is 11.8. The fourth-order valence-corrected chi connectivity index (χ4v) is 3.39. The first-order valence-electron chi connectivity index (χ1n) is 10.7. The Morgan fingerprint density at radius 1 is 1.20 bits per heavy atom. The summed E-state index contributed by atoms with van der Waals surface area (Å²) in [5, 5.41) is 18.2. The molecule has 1 heterocycles. The van der Waals surface area contributed by atoms with Gasteiger partial charge in [-0.2, -0.15) is 5.10 Å². The molecule has 0 fully saturated rings. The zero-order chi connectivity index (χ0) is 25.5. The fraction of sp³-hybridized carbons (Fsp3) is 0.250. The van der Waals surface area contributed by atoms with Crippen LogP contribution in [0, 0.1) is 5.82 Å². The molecule has 3 aromatic rings. The Morgan fingerprint density at radius 2 is 1.91 bits per heavy atom. The Balaban J connectivity index is 1.78. The van der Waals surface area contributed by atoms with Crippen LogP contribution in [0.4, 0.5) is 4.39 Å². The Kier molecular flexibility index (Phi) is 8.69. The van der Waals surface area contributed by atoms with Gasteiger partial charge in [0.05, 0.1) is 13.2 Å². The SMILES string of the molecule is CCOC(=O)C(O)CN(Cc1ccc(-c2cc(Cl)ccc2F)cc1)NC(=O)c1cc(C(C)=O)n[nH]1. The van der Waals surface area contributed by atoms with E-state index in [4.69, 9.17) is 16.3 Å². The number of aliphatic hydroxyl groups is 1. The van der Waals surface area contributed by atoms with E-state index < -0.39 is 23.8 Å². The predicted molar refractivity (Wildman–Crippen MR) is 126 cm³/mol. The number of ketones is 1. The Labute approximate surface area is 205 Å². The van der Waals surface area contributed by atoms with Gasteiger partial charge in [0.1, 0.15) is 17.2 Å². The summed E-state index contributed by atoms with van der Waals surface area (Å²) in [4.78, 5) is 36.1. The van der Waals surface area contributed by atoms with Gasteiger partial charge < -0.3 is 9.84 Å². The van der Waals surface area contributed by atoms with Crippen molar-refractivity contribution in [3.63, 3.8) is 0 Å². The van der Waals surface area contributed by atoms with E-state index in [1.165, 1.54) is 36.2 Å². The van der Waals surface area contributed by atoms with Gasteiger partial charge in [0.15, 0.2) is 11.9 Å². The van der Waals surface area contributed by atoms with Gasteiger partial charge in [-0.25, -0.2) is 14.2 Å². The van der Waals surface area contributed by atoms with Crippen LogP contribution >= 0.6 is 11.6 Å². The summed E-state index contributed by atoms with van der Waals surface area (Å²) in [6.07, 6.45) is -1.52. The first-order chi connectivity index (χ1) is 16.7. The Morgan fingerprint density at radius 3 is 2.54 bits per heavy atom. The lowest BCUT2D eigenvalue weighted by Gasteiger charge is -2.25. The van der Waals surface area contributed by atoms with Gasteiger partial charge in [-0.05, 0) is 42.3 Å². The molecule has 0 saturated heterocycles. The van der Waals surface area contributed by atoms with Crippen LogP contribution in [0.15, 0.2) is 48.5 Å². The molecule has 1 amide bonds. The molecule has 0 aliphatic carbocycles. The van der Waals surface area contributed by atoms with Crippen LogP contribution in [-0.4, -0.2) is 57.2 Å². The number of carbonyl (C=O) groups excluding carboxylic acids is 3. The lowest BCUT2D eigenvalue weighted by molar-refractivity contribution is -0.154. The van der Waals surface area contributed by atoms with Crippen molar-refractivity contribution >= 4 is 29.3 Å². The molecule has 184 valence electrons. The van der Waals surface area contributed by atoms with Crippen molar-refractivity contribution < 1.29 is 28.6 Å². The third kappa shape index (κ3) is 6.95. The number of aliphatic hydroxyl groups excluding tert-OH is 1. The number of Topliss-reactive ketones (excluding diaryl/α,β-unsaturated/α-hetero) is 1. The molecule has 1 unspecified atom stereocenters. The summed E-state index contributed by atoms with van der Waals surface area (Å²) in [5.74, 6) is -2.19. The Bertz CT molecular complexity index is 1210. The van der Waals surface area contributed by atoms with E-state index in [0.29, 0.717) is 21.7 Å². The highest BCUT2D eigenvalue weighted by Crippen LogP contribution is 2.26. The number of hydrogen-bond donors (Lipinski definition) is 3. The number of halogens is 2. The van der Waals surface area contributed by atoms with E-state index in [2.05, 4.69) is 15.6 Å². The molecule has 3 rings (SSSR count). The molecule has 1 atom stereocenters. The number of amides is 1. The molecule has 2 aromatic carbocycles. The lowest BCUT2D eigenvalue weighted by Crippen LogP contribution is -2.47. The van der Waals surface area contributed by atoms with Crippen LogP contribution in [-0.2, 0) is 16.1 Å². The van der Waals surface area contributed by atoms with E-state index in [9.17, 15) is 23.9 Å². The molecule has 0 saturated carbocycles. The van der Waals surface area contributed by atoms with Crippen molar-refractivity contribution in [3.05, 3.63) is 76.3 Å². The van der Waals surface area contributed by atoms with Crippen molar-refractivity contribution in [1.82, 2.24) is 20.6 Å². The number of carbonyl (C=O) groups is 3. The molecule has 9 nitrogen and oxygen atoms in total. The monoisotopic (exact) mass is 502 g/mol. The lowest BCUT2D eigenvalue weighted by atomic mass is 10.0. The number of esters is 1. The van der Waals surface area contributed by atoms with Crippen LogP contribution < -0.4 is 5.43 Å². The van der Waals surface area contributed by atoms with Crippen molar-refractivity contribution in [1.29, 1.82) is 0 Å². The highest BCUT2D eigenvalue weighted by atomic mass is 35.5. The standard InChI is InChI=1S/C24H24ClFN4O5/c1-3-35-24(34)22(32)13-30(29-23(33)21-11-20(14(2)31)27-28-21)12-15-4-6-16(7-5-15)18-10-17(25)8-9-19(18)26/h4-11,22,32H,3,12-13H2,1-2H3,(H,27,28)(H,29,33). The summed E-state index contributed by atoms with van der Waals surface area (Å²) < 4.78 is 19.0. The number of H-pyrrole nitrogens is 1. The third-order valence-electron chi connectivity index (χ3n) is 4.96. The van der Waals surface area contributed by atoms with Crippen LogP contribution in [0.25, 0.3) is 11.1 Å². The van der Waals surface area contributed by atoms with E-state index in [-0.39, 0.29) is 36.9 Å². The number of hydrogen-bond acceptors (Lipinski definition) is 7. The zero-order valence-corrected chi connectivity index (χ0v) is 19.8. The maximum absolute atomic E-state index is 14.2. The molecule has 0 aliphatic rings. The van der Waals surface area contributed by atoms with Gasteiger partial charge in [0.25, 0.3) is 5.91 Å². The highest BCUT2D eigenvalue weighted by Gasteiger charge is 2.23. The molecule has 1 aromatic heterocycles. The van der Waals surface area contributed by atoms with E-state index in [0.717, 1.165) is 0 Å². The van der Waals surface area contributed by atoms with Gasteiger partial charge in [-0.1, -0.05) is 35.9 Å². The second-order valence-corrected chi connectivity index (χ2v) is 8.07.